The van der Waals surface area contributed by atoms with E-state index in [2.05, 4.69) is 5.32 Å². The van der Waals surface area contributed by atoms with Crippen LogP contribution in [0.2, 0.25) is 0 Å². The van der Waals surface area contributed by atoms with Crippen LogP contribution < -0.4 is 5.32 Å². The molecule has 0 radical (unpaired) electrons. The molecule has 0 aromatic heterocycles. The van der Waals surface area contributed by atoms with Crippen LogP contribution in [-0.4, -0.2) is 35.8 Å². The third-order valence-electron chi connectivity index (χ3n) is 3.69. The molecule has 2 amide bonds. The van der Waals surface area contributed by atoms with Gasteiger partial charge >= 0.3 is 0 Å². The molecular weight excluding hydrogens is 228 g/mol. The van der Waals surface area contributed by atoms with Crippen molar-refractivity contribution in [1.82, 2.24) is 10.2 Å². The van der Waals surface area contributed by atoms with Crippen molar-refractivity contribution >= 4 is 11.8 Å². The molecule has 1 unspecified atom stereocenters. The predicted molar refractivity (Wildman–Crippen MR) is 67.6 cm³/mol. The molecule has 1 saturated heterocycles. The second-order valence-electron chi connectivity index (χ2n) is 5.06. The summed E-state index contributed by atoms with van der Waals surface area (Å²) in [6.45, 7) is 3.40. The number of nitrogens with one attached hydrogen (secondary N) is 1. The quantitative estimate of drug-likeness (QED) is 0.799. The van der Waals surface area contributed by atoms with Crippen LogP contribution in [0.15, 0.2) is 18.2 Å². The molecule has 18 heavy (non-hydrogen) atoms. The van der Waals surface area contributed by atoms with Crippen LogP contribution in [0.4, 0.5) is 0 Å². The number of carbonyl (C=O) groups excluding carboxylic acids is 2. The van der Waals surface area contributed by atoms with Crippen LogP contribution in [0.1, 0.15) is 39.1 Å². The summed E-state index contributed by atoms with van der Waals surface area (Å²) in [5.74, 6) is -0.295. The monoisotopic (exact) mass is 244 g/mol. The van der Waals surface area contributed by atoms with Crippen LogP contribution in [0.5, 0.6) is 0 Å². The number of benzene rings is 1. The lowest BCUT2D eigenvalue weighted by Gasteiger charge is -2.18. The second-order valence-corrected chi connectivity index (χ2v) is 5.06. The van der Waals surface area contributed by atoms with Gasteiger partial charge < -0.3 is 5.32 Å². The van der Waals surface area contributed by atoms with Crippen molar-refractivity contribution in [1.29, 1.82) is 0 Å². The smallest absolute Gasteiger partial charge is 0.261 e. The van der Waals surface area contributed by atoms with Gasteiger partial charge in [-0.25, -0.2) is 0 Å². The van der Waals surface area contributed by atoms with Crippen molar-refractivity contribution in [3.63, 3.8) is 0 Å². The summed E-state index contributed by atoms with van der Waals surface area (Å²) in [5, 5.41) is 3.32. The third-order valence-corrected chi connectivity index (χ3v) is 3.69. The van der Waals surface area contributed by atoms with Crippen molar-refractivity contribution in [2.75, 3.05) is 13.1 Å². The maximum Gasteiger partial charge on any atom is 0.261 e. The largest absolute Gasteiger partial charge is 0.312 e. The first kappa shape index (κ1) is 11.4. The van der Waals surface area contributed by atoms with Crippen LogP contribution in [0, 0.1) is 6.92 Å². The molecule has 4 nitrogen and oxygen atoms in total. The number of hydrogen-bond donors (Lipinski definition) is 1. The van der Waals surface area contributed by atoms with Crippen LogP contribution in [0.25, 0.3) is 0 Å². The minimum Gasteiger partial charge on any atom is -0.312 e. The van der Waals surface area contributed by atoms with Crippen LogP contribution >= 0.6 is 0 Å². The van der Waals surface area contributed by atoms with Gasteiger partial charge in [-0.2, -0.15) is 0 Å². The molecule has 3 rings (SSSR count). The predicted octanol–water partition coefficient (Wildman–Crippen LogP) is 1.34. The zero-order chi connectivity index (χ0) is 12.7. The van der Waals surface area contributed by atoms with E-state index in [9.17, 15) is 9.59 Å². The molecule has 2 aliphatic rings. The van der Waals surface area contributed by atoms with Gasteiger partial charge in [-0.15, -0.1) is 0 Å². The van der Waals surface area contributed by atoms with E-state index in [1.165, 1.54) is 4.90 Å². The molecule has 1 fully saturated rings. The van der Waals surface area contributed by atoms with Gasteiger partial charge in [0.25, 0.3) is 11.8 Å². The van der Waals surface area contributed by atoms with Gasteiger partial charge in [-0.1, -0.05) is 11.6 Å². The van der Waals surface area contributed by atoms with Gasteiger partial charge in [0.2, 0.25) is 0 Å². The molecule has 1 N–H and O–H groups in total. The molecule has 1 aromatic carbocycles. The molecule has 0 bridgehead atoms. The van der Waals surface area contributed by atoms with E-state index in [1.54, 1.807) is 12.1 Å². The number of imide groups is 1. The highest BCUT2D eigenvalue weighted by Crippen LogP contribution is 2.24. The molecule has 4 heteroatoms. The van der Waals surface area contributed by atoms with Gasteiger partial charge in [0.05, 0.1) is 11.1 Å². The highest BCUT2D eigenvalue weighted by molar-refractivity contribution is 6.21. The minimum absolute atomic E-state index is 0.146. The highest BCUT2D eigenvalue weighted by Gasteiger charge is 2.36. The molecule has 94 valence electrons. The summed E-state index contributed by atoms with van der Waals surface area (Å²) in [4.78, 5) is 25.8. The summed E-state index contributed by atoms with van der Waals surface area (Å²) in [5.41, 5.74) is 2.11. The number of hydrogen-bond acceptors (Lipinski definition) is 3. The Morgan fingerprint density at radius 1 is 1.28 bits per heavy atom. The van der Waals surface area contributed by atoms with Gasteiger partial charge in [-0.3, -0.25) is 14.5 Å². The third kappa shape index (κ3) is 1.73. The van der Waals surface area contributed by atoms with E-state index in [0.717, 1.165) is 24.9 Å². The summed E-state index contributed by atoms with van der Waals surface area (Å²) < 4.78 is 0. The minimum atomic E-state index is -0.149. The Balaban J connectivity index is 1.87. The summed E-state index contributed by atoms with van der Waals surface area (Å²) >= 11 is 0. The van der Waals surface area contributed by atoms with Crippen LogP contribution in [0.3, 0.4) is 0 Å². The average Bonchev–Trinajstić information content (AvgIpc) is 2.93. The Kier molecular flexibility index (Phi) is 2.67. The maximum absolute atomic E-state index is 12.2. The Hall–Kier alpha value is -1.68. The maximum atomic E-state index is 12.2. The van der Waals surface area contributed by atoms with E-state index in [0.29, 0.717) is 17.7 Å². The van der Waals surface area contributed by atoms with Gasteiger partial charge in [-0.05, 0) is 38.4 Å². The molecule has 2 aliphatic heterocycles. The summed E-state index contributed by atoms with van der Waals surface area (Å²) in [6, 6.07) is 5.69. The SMILES string of the molecule is Cc1ccc2c(c1)C(=O)N(CC1CCCN1)C2=O. The topological polar surface area (TPSA) is 49.4 Å². The number of nitrogens with zero attached hydrogens (tertiary/aromatic N) is 1. The zero-order valence-electron chi connectivity index (χ0n) is 10.4. The standard InChI is InChI=1S/C14H16N2O2/c1-9-4-5-11-12(7-9)14(18)16(13(11)17)8-10-3-2-6-15-10/h4-5,7,10,15H,2-3,6,8H2,1H3. The van der Waals surface area contributed by atoms with Gasteiger partial charge in [0, 0.05) is 12.6 Å². The number of fused-ring (bicyclic) bond motifs is 1. The molecule has 0 aliphatic carbocycles. The first-order chi connectivity index (χ1) is 8.66. The summed E-state index contributed by atoms with van der Waals surface area (Å²) in [6.07, 6.45) is 2.15. The fraction of sp³-hybridized carbons (Fsp3) is 0.429. The molecule has 0 spiro atoms. The average molecular weight is 244 g/mol. The number of rotatable bonds is 2. The Bertz CT molecular complexity index is 519. The summed E-state index contributed by atoms with van der Waals surface area (Å²) in [7, 11) is 0. The Labute approximate surface area is 106 Å². The Morgan fingerprint density at radius 2 is 2.06 bits per heavy atom. The van der Waals surface area contributed by atoms with Crippen molar-refractivity contribution in [2.45, 2.75) is 25.8 Å². The number of carbonyl (C=O) groups is 2. The molecule has 0 saturated carbocycles. The molecule has 1 atom stereocenters. The van der Waals surface area contributed by atoms with Crippen molar-refractivity contribution in [3.05, 3.63) is 34.9 Å². The molecule has 1 aromatic rings. The lowest BCUT2D eigenvalue weighted by Crippen LogP contribution is -2.40. The van der Waals surface area contributed by atoms with Gasteiger partial charge in [0.15, 0.2) is 0 Å². The molecule has 2 heterocycles. The first-order valence-corrected chi connectivity index (χ1v) is 6.37. The van der Waals surface area contributed by atoms with E-state index in [4.69, 9.17) is 0 Å². The normalized spacial score (nSPS) is 22.7. The highest BCUT2D eigenvalue weighted by atomic mass is 16.2. The van der Waals surface area contributed by atoms with Crippen molar-refractivity contribution in [3.8, 4) is 0 Å². The number of aryl methyl sites for hydroxylation is 1. The van der Waals surface area contributed by atoms with Crippen molar-refractivity contribution in [2.24, 2.45) is 0 Å². The van der Waals surface area contributed by atoms with E-state index >= 15 is 0 Å². The lowest BCUT2D eigenvalue weighted by atomic mass is 10.1. The zero-order valence-corrected chi connectivity index (χ0v) is 10.4. The lowest BCUT2D eigenvalue weighted by molar-refractivity contribution is 0.0641. The van der Waals surface area contributed by atoms with E-state index in [1.807, 2.05) is 13.0 Å². The first-order valence-electron chi connectivity index (χ1n) is 6.37. The fourth-order valence-electron chi connectivity index (χ4n) is 2.70. The fourth-order valence-corrected chi connectivity index (χ4v) is 2.70. The Morgan fingerprint density at radius 3 is 2.78 bits per heavy atom. The van der Waals surface area contributed by atoms with Gasteiger partial charge in [0.1, 0.15) is 0 Å². The van der Waals surface area contributed by atoms with Crippen LogP contribution in [-0.2, 0) is 0 Å². The van der Waals surface area contributed by atoms with Crippen molar-refractivity contribution < 1.29 is 9.59 Å². The van der Waals surface area contributed by atoms with E-state index < -0.39 is 0 Å². The second kappa shape index (κ2) is 4.21. The van der Waals surface area contributed by atoms with E-state index in [-0.39, 0.29) is 17.9 Å². The number of amides is 2. The molecular formula is C14H16N2O2.